The lowest BCUT2D eigenvalue weighted by molar-refractivity contribution is 0.112. The van der Waals surface area contributed by atoms with E-state index in [9.17, 15) is 4.79 Å². The number of halogens is 2. The van der Waals surface area contributed by atoms with Crippen molar-refractivity contribution in [3.63, 3.8) is 0 Å². The third kappa shape index (κ3) is 6.40. The van der Waals surface area contributed by atoms with Gasteiger partial charge >= 0.3 is 0 Å². The molecule has 0 saturated heterocycles. The lowest BCUT2D eigenvalue weighted by Crippen LogP contribution is -1.99. The first-order valence-electron chi connectivity index (χ1n) is 7.26. The van der Waals surface area contributed by atoms with Crippen LogP contribution in [0.25, 0.3) is 0 Å². The maximum Gasteiger partial charge on any atom is 0.150 e. The van der Waals surface area contributed by atoms with E-state index in [4.69, 9.17) is 4.74 Å². The zero-order valence-electron chi connectivity index (χ0n) is 12.0. The average Bonchev–Trinajstić information content (AvgIpc) is 2.43. The number of unbranched alkanes of at least 4 members (excludes halogenated alkanes) is 6. The molecule has 1 aromatic carbocycles. The van der Waals surface area contributed by atoms with Gasteiger partial charge in [-0.05, 0) is 50.4 Å². The van der Waals surface area contributed by atoms with Gasteiger partial charge in [0.15, 0.2) is 0 Å². The molecule has 0 aliphatic carbocycles. The second-order valence-corrected chi connectivity index (χ2v) is 6.61. The fraction of sp³-hybridized carbons (Fsp3) is 0.562. The Bertz CT molecular complexity index is 396. The minimum Gasteiger partial charge on any atom is -0.491 e. The van der Waals surface area contributed by atoms with Gasteiger partial charge in [0, 0.05) is 5.56 Å². The highest BCUT2D eigenvalue weighted by Crippen LogP contribution is 2.34. The van der Waals surface area contributed by atoms with Gasteiger partial charge in [0.2, 0.25) is 0 Å². The number of carbonyl (C=O) groups excluding carboxylic acids is 1. The monoisotopic (exact) mass is 404 g/mol. The van der Waals surface area contributed by atoms with E-state index >= 15 is 0 Å². The van der Waals surface area contributed by atoms with E-state index < -0.39 is 0 Å². The zero-order chi connectivity index (χ0) is 14.8. The van der Waals surface area contributed by atoms with E-state index in [0.717, 1.165) is 27.4 Å². The molecule has 20 heavy (non-hydrogen) atoms. The van der Waals surface area contributed by atoms with E-state index in [0.29, 0.717) is 12.2 Å². The Hall–Kier alpha value is -0.350. The summed E-state index contributed by atoms with van der Waals surface area (Å²) in [6, 6.07) is 3.55. The molecule has 0 spiro atoms. The van der Waals surface area contributed by atoms with E-state index in [1.165, 1.54) is 38.5 Å². The maximum atomic E-state index is 10.7. The number of hydrogen-bond donors (Lipinski definition) is 0. The SMILES string of the molecule is CCCCCCCCCOc1c(Br)cc(C=O)cc1Br. The summed E-state index contributed by atoms with van der Waals surface area (Å²) < 4.78 is 7.42. The summed E-state index contributed by atoms with van der Waals surface area (Å²) in [5.74, 6) is 0.779. The summed E-state index contributed by atoms with van der Waals surface area (Å²) in [5.41, 5.74) is 0.632. The Morgan fingerprint density at radius 3 is 2.10 bits per heavy atom. The first kappa shape index (κ1) is 17.7. The quantitative estimate of drug-likeness (QED) is 0.344. The van der Waals surface area contributed by atoms with Crippen LogP contribution in [-0.2, 0) is 0 Å². The molecule has 0 bridgehead atoms. The van der Waals surface area contributed by atoms with Crippen LogP contribution < -0.4 is 4.74 Å². The summed E-state index contributed by atoms with van der Waals surface area (Å²) in [6.45, 7) is 2.95. The van der Waals surface area contributed by atoms with E-state index in [1.807, 2.05) is 0 Å². The molecule has 4 heteroatoms. The summed E-state index contributed by atoms with van der Waals surface area (Å²) in [4.78, 5) is 10.7. The highest BCUT2D eigenvalue weighted by molar-refractivity contribution is 9.11. The number of hydrogen-bond acceptors (Lipinski definition) is 2. The Morgan fingerprint density at radius 1 is 1.00 bits per heavy atom. The van der Waals surface area contributed by atoms with Crippen LogP contribution in [0.4, 0.5) is 0 Å². The van der Waals surface area contributed by atoms with Crippen molar-refractivity contribution in [2.75, 3.05) is 6.61 Å². The first-order chi connectivity index (χ1) is 9.69. The highest BCUT2D eigenvalue weighted by atomic mass is 79.9. The van der Waals surface area contributed by atoms with Crippen LogP contribution in [0.3, 0.4) is 0 Å². The second kappa shape index (κ2) is 10.4. The molecule has 0 aliphatic rings. The summed E-state index contributed by atoms with van der Waals surface area (Å²) >= 11 is 6.87. The maximum absolute atomic E-state index is 10.7. The Kier molecular flexibility index (Phi) is 9.19. The topological polar surface area (TPSA) is 26.3 Å². The van der Waals surface area contributed by atoms with Crippen molar-refractivity contribution in [3.05, 3.63) is 26.6 Å². The van der Waals surface area contributed by atoms with Crippen molar-refractivity contribution in [3.8, 4) is 5.75 Å². The molecule has 0 unspecified atom stereocenters. The van der Waals surface area contributed by atoms with Crippen LogP contribution in [0.5, 0.6) is 5.75 Å². The minimum atomic E-state index is 0.632. The molecule has 0 atom stereocenters. The third-order valence-electron chi connectivity index (χ3n) is 3.15. The molecule has 0 radical (unpaired) electrons. The van der Waals surface area contributed by atoms with Gasteiger partial charge in [0.25, 0.3) is 0 Å². The predicted molar refractivity (Wildman–Crippen MR) is 90.7 cm³/mol. The molecule has 0 saturated carbocycles. The van der Waals surface area contributed by atoms with Crippen LogP contribution in [-0.4, -0.2) is 12.9 Å². The first-order valence-corrected chi connectivity index (χ1v) is 8.84. The minimum absolute atomic E-state index is 0.632. The molecular weight excluding hydrogens is 384 g/mol. The standard InChI is InChI=1S/C16H22Br2O2/c1-2-3-4-5-6-7-8-9-20-16-14(17)10-13(12-19)11-15(16)18/h10-12H,2-9H2,1H3. The fourth-order valence-corrected chi connectivity index (χ4v) is 3.47. The lowest BCUT2D eigenvalue weighted by Gasteiger charge is -2.11. The summed E-state index contributed by atoms with van der Waals surface area (Å²) in [7, 11) is 0. The van der Waals surface area contributed by atoms with Crippen LogP contribution in [0.1, 0.15) is 62.2 Å². The average molecular weight is 406 g/mol. The van der Waals surface area contributed by atoms with Gasteiger partial charge in [-0.2, -0.15) is 0 Å². The van der Waals surface area contributed by atoms with E-state index in [-0.39, 0.29) is 0 Å². The number of aldehydes is 1. The number of rotatable bonds is 10. The molecule has 1 aromatic rings. The van der Waals surface area contributed by atoms with Crippen LogP contribution in [0.2, 0.25) is 0 Å². The number of ether oxygens (including phenoxy) is 1. The molecule has 0 N–H and O–H groups in total. The number of carbonyl (C=O) groups is 1. The van der Waals surface area contributed by atoms with Gasteiger partial charge in [-0.1, -0.05) is 45.4 Å². The van der Waals surface area contributed by atoms with Crippen molar-refractivity contribution in [1.29, 1.82) is 0 Å². The summed E-state index contributed by atoms with van der Waals surface area (Å²) in [6.07, 6.45) is 9.72. The van der Waals surface area contributed by atoms with Gasteiger partial charge in [0.1, 0.15) is 12.0 Å². The van der Waals surface area contributed by atoms with Crippen molar-refractivity contribution in [2.45, 2.75) is 51.9 Å². The molecule has 0 aromatic heterocycles. The van der Waals surface area contributed by atoms with Gasteiger partial charge in [-0.25, -0.2) is 0 Å². The highest BCUT2D eigenvalue weighted by Gasteiger charge is 2.08. The van der Waals surface area contributed by atoms with E-state index in [1.54, 1.807) is 12.1 Å². The molecule has 0 aliphatic heterocycles. The van der Waals surface area contributed by atoms with Gasteiger partial charge in [-0.3, -0.25) is 4.79 Å². The fourth-order valence-electron chi connectivity index (χ4n) is 2.02. The number of benzene rings is 1. The van der Waals surface area contributed by atoms with E-state index in [2.05, 4.69) is 38.8 Å². The van der Waals surface area contributed by atoms with Crippen molar-refractivity contribution >= 4 is 38.1 Å². The van der Waals surface area contributed by atoms with Crippen molar-refractivity contribution in [1.82, 2.24) is 0 Å². The molecule has 0 heterocycles. The molecule has 2 nitrogen and oxygen atoms in total. The van der Waals surface area contributed by atoms with Gasteiger partial charge in [0.05, 0.1) is 15.6 Å². The third-order valence-corrected chi connectivity index (χ3v) is 4.33. The van der Waals surface area contributed by atoms with Crippen LogP contribution in [0, 0.1) is 0 Å². The largest absolute Gasteiger partial charge is 0.491 e. The lowest BCUT2D eigenvalue weighted by atomic mass is 10.1. The molecule has 112 valence electrons. The predicted octanol–water partition coefficient (Wildman–Crippen LogP) is 6.15. The normalized spacial score (nSPS) is 10.6. The van der Waals surface area contributed by atoms with Crippen LogP contribution >= 0.6 is 31.9 Å². The Morgan fingerprint density at radius 2 is 1.55 bits per heavy atom. The molecule has 0 fully saturated rings. The second-order valence-electron chi connectivity index (χ2n) is 4.90. The zero-order valence-corrected chi connectivity index (χ0v) is 15.1. The van der Waals surface area contributed by atoms with Crippen LogP contribution in [0.15, 0.2) is 21.1 Å². The Labute approximate surface area is 138 Å². The van der Waals surface area contributed by atoms with Crippen molar-refractivity contribution in [2.24, 2.45) is 0 Å². The van der Waals surface area contributed by atoms with Gasteiger partial charge < -0.3 is 4.74 Å². The summed E-state index contributed by atoms with van der Waals surface area (Å²) in [5, 5.41) is 0. The van der Waals surface area contributed by atoms with Gasteiger partial charge in [-0.15, -0.1) is 0 Å². The molecular formula is C16H22Br2O2. The van der Waals surface area contributed by atoms with Crippen molar-refractivity contribution < 1.29 is 9.53 Å². The molecule has 0 amide bonds. The smallest absolute Gasteiger partial charge is 0.150 e. The molecule has 1 rings (SSSR count). The Balaban J connectivity index is 2.27.